The number of methoxy groups -OCH3 is 1. The van der Waals surface area contributed by atoms with Crippen LogP contribution in [0.1, 0.15) is 11.1 Å². The molecular formula is C10H12N2O. The first-order valence-corrected chi connectivity index (χ1v) is 4.03. The van der Waals surface area contributed by atoms with Crippen molar-refractivity contribution < 1.29 is 4.74 Å². The number of hydrogen-bond donors (Lipinski definition) is 1. The lowest BCUT2D eigenvalue weighted by Gasteiger charge is -2.04. The molecule has 1 aromatic rings. The zero-order valence-corrected chi connectivity index (χ0v) is 7.79. The van der Waals surface area contributed by atoms with Crippen molar-refractivity contribution in [1.82, 2.24) is 5.32 Å². The van der Waals surface area contributed by atoms with Crippen LogP contribution in [0.5, 0.6) is 5.75 Å². The summed E-state index contributed by atoms with van der Waals surface area (Å²) in [5.74, 6) is 0.627. The van der Waals surface area contributed by atoms with Crippen molar-refractivity contribution in [2.45, 2.75) is 6.54 Å². The number of nitrogens with zero attached hydrogens (tertiary/aromatic N) is 1. The fourth-order valence-corrected chi connectivity index (χ4v) is 1.16. The van der Waals surface area contributed by atoms with Crippen molar-refractivity contribution in [3.8, 4) is 11.8 Å². The second kappa shape index (κ2) is 4.48. The predicted octanol–water partition coefficient (Wildman–Crippen LogP) is 1.29. The van der Waals surface area contributed by atoms with Crippen LogP contribution in [0.3, 0.4) is 0 Å². The molecule has 0 aromatic heterocycles. The zero-order chi connectivity index (χ0) is 9.68. The molecule has 0 unspecified atom stereocenters. The second-order valence-corrected chi connectivity index (χ2v) is 2.68. The third kappa shape index (κ3) is 2.20. The number of hydrogen-bond acceptors (Lipinski definition) is 3. The van der Waals surface area contributed by atoms with Crippen LogP contribution < -0.4 is 10.1 Å². The highest BCUT2D eigenvalue weighted by Crippen LogP contribution is 2.18. The molecule has 0 amide bonds. The Bertz CT molecular complexity index is 328. The molecule has 0 bridgehead atoms. The van der Waals surface area contributed by atoms with Crippen LogP contribution in [0, 0.1) is 11.3 Å². The molecule has 0 saturated carbocycles. The van der Waals surface area contributed by atoms with Gasteiger partial charge in [-0.2, -0.15) is 5.26 Å². The Hall–Kier alpha value is -1.53. The maximum absolute atomic E-state index is 8.79. The molecule has 3 heteroatoms. The van der Waals surface area contributed by atoms with E-state index in [0.29, 0.717) is 11.3 Å². The van der Waals surface area contributed by atoms with Crippen LogP contribution >= 0.6 is 0 Å². The van der Waals surface area contributed by atoms with E-state index < -0.39 is 0 Å². The average Bonchev–Trinajstić information content (AvgIpc) is 2.18. The van der Waals surface area contributed by atoms with Gasteiger partial charge in [0, 0.05) is 6.54 Å². The van der Waals surface area contributed by atoms with E-state index in [-0.39, 0.29) is 0 Å². The molecule has 0 spiro atoms. The van der Waals surface area contributed by atoms with Gasteiger partial charge in [-0.1, -0.05) is 6.07 Å². The number of nitrogens with one attached hydrogen (secondary N) is 1. The molecule has 13 heavy (non-hydrogen) atoms. The summed E-state index contributed by atoms with van der Waals surface area (Å²) in [5, 5.41) is 11.8. The first kappa shape index (κ1) is 9.56. The molecule has 3 nitrogen and oxygen atoms in total. The summed E-state index contributed by atoms with van der Waals surface area (Å²) >= 11 is 0. The average molecular weight is 176 g/mol. The SMILES string of the molecule is CNCc1ccc(OC)c(C#N)c1. The summed E-state index contributed by atoms with van der Waals surface area (Å²) in [4.78, 5) is 0. The van der Waals surface area contributed by atoms with E-state index in [4.69, 9.17) is 10.00 Å². The summed E-state index contributed by atoms with van der Waals surface area (Å²) in [6, 6.07) is 7.67. The Balaban J connectivity index is 3.00. The fraction of sp³-hybridized carbons (Fsp3) is 0.300. The summed E-state index contributed by atoms with van der Waals surface area (Å²) in [6.45, 7) is 0.763. The third-order valence-electron chi connectivity index (χ3n) is 1.77. The summed E-state index contributed by atoms with van der Waals surface area (Å²) in [6.07, 6.45) is 0. The highest BCUT2D eigenvalue weighted by molar-refractivity contribution is 5.45. The van der Waals surface area contributed by atoms with E-state index in [2.05, 4.69) is 11.4 Å². The van der Waals surface area contributed by atoms with Crippen LogP contribution in [0.25, 0.3) is 0 Å². The quantitative estimate of drug-likeness (QED) is 0.754. The fourth-order valence-electron chi connectivity index (χ4n) is 1.16. The monoisotopic (exact) mass is 176 g/mol. The van der Waals surface area contributed by atoms with Crippen LogP contribution in [-0.4, -0.2) is 14.2 Å². The van der Waals surface area contributed by atoms with Gasteiger partial charge in [0.25, 0.3) is 0 Å². The van der Waals surface area contributed by atoms with Gasteiger partial charge in [0.2, 0.25) is 0 Å². The van der Waals surface area contributed by atoms with Crippen molar-refractivity contribution in [3.63, 3.8) is 0 Å². The van der Waals surface area contributed by atoms with Crippen molar-refractivity contribution in [2.75, 3.05) is 14.2 Å². The van der Waals surface area contributed by atoms with E-state index in [1.807, 2.05) is 25.2 Å². The lowest BCUT2D eigenvalue weighted by atomic mass is 10.1. The summed E-state index contributed by atoms with van der Waals surface area (Å²) in [7, 11) is 3.43. The molecule has 0 heterocycles. The summed E-state index contributed by atoms with van der Waals surface area (Å²) in [5.41, 5.74) is 1.66. The van der Waals surface area contributed by atoms with Crippen LogP contribution in [0.4, 0.5) is 0 Å². The highest BCUT2D eigenvalue weighted by atomic mass is 16.5. The molecule has 68 valence electrons. The molecule has 0 fully saturated rings. The normalized spacial score (nSPS) is 9.31. The molecule has 0 atom stereocenters. The van der Waals surface area contributed by atoms with Gasteiger partial charge in [-0.15, -0.1) is 0 Å². The summed E-state index contributed by atoms with van der Waals surface area (Å²) < 4.78 is 5.03. The molecular weight excluding hydrogens is 164 g/mol. The number of benzene rings is 1. The van der Waals surface area contributed by atoms with Crippen LogP contribution in [0.15, 0.2) is 18.2 Å². The zero-order valence-electron chi connectivity index (χ0n) is 7.79. The Morgan fingerprint density at radius 3 is 2.85 bits per heavy atom. The number of ether oxygens (including phenoxy) is 1. The molecule has 0 saturated heterocycles. The smallest absolute Gasteiger partial charge is 0.136 e. The highest BCUT2D eigenvalue weighted by Gasteiger charge is 2.02. The van der Waals surface area contributed by atoms with Gasteiger partial charge < -0.3 is 10.1 Å². The molecule has 1 aromatic carbocycles. The van der Waals surface area contributed by atoms with Crippen LogP contribution in [-0.2, 0) is 6.54 Å². The lowest BCUT2D eigenvalue weighted by Crippen LogP contribution is -2.05. The van der Waals surface area contributed by atoms with Crippen LogP contribution in [0.2, 0.25) is 0 Å². The minimum Gasteiger partial charge on any atom is -0.495 e. The van der Waals surface area contributed by atoms with Crippen molar-refractivity contribution >= 4 is 0 Å². The Kier molecular flexibility index (Phi) is 3.30. The predicted molar refractivity (Wildman–Crippen MR) is 50.5 cm³/mol. The molecule has 1 N–H and O–H groups in total. The first-order chi connectivity index (χ1) is 6.31. The molecule has 1 rings (SSSR count). The Morgan fingerprint density at radius 2 is 2.31 bits per heavy atom. The first-order valence-electron chi connectivity index (χ1n) is 4.03. The van der Waals surface area contributed by atoms with Gasteiger partial charge in [0.15, 0.2) is 0 Å². The minimum absolute atomic E-state index is 0.579. The van der Waals surface area contributed by atoms with E-state index in [9.17, 15) is 0 Å². The molecule has 0 aliphatic rings. The Morgan fingerprint density at radius 1 is 1.54 bits per heavy atom. The van der Waals surface area contributed by atoms with Crippen molar-refractivity contribution in [3.05, 3.63) is 29.3 Å². The second-order valence-electron chi connectivity index (χ2n) is 2.68. The molecule has 0 aliphatic carbocycles. The topological polar surface area (TPSA) is 45.0 Å². The van der Waals surface area contributed by atoms with Gasteiger partial charge in [0.1, 0.15) is 11.8 Å². The largest absolute Gasteiger partial charge is 0.495 e. The van der Waals surface area contributed by atoms with E-state index in [0.717, 1.165) is 12.1 Å². The molecule has 0 radical (unpaired) electrons. The third-order valence-corrected chi connectivity index (χ3v) is 1.77. The lowest BCUT2D eigenvalue weighted by molar-refractivity contribution is 0.413. The van der Waals surface area contributed by atoms with Gasteiger partial charge in [-0.25, -0.2) is 0 Å². The van der Waals surface area contributed by atoms with E-state index >= 15 is 0 Å². The van der Waals surface area contributed by atoms with Gasteiger partial charge in [0.05, 0.1) is 12.7 Å². The van der Waals surface area contributed by atoms with Gasteiger partial charge in [-0.05, 0) is 24.7 Å². The number of rotatable bonds is 3. The van der Waals surface area contributed by atoms with Crippen molar-refractivity contribution in [2.24, 2.45) is 0 Å². The number of nitriles is 1. The molecule has 0 aliphatic heterocycles. The standard InChI is InChI=1S/C10H12N2O/c1-12-7-8-3-4-10(13-2)9(5-8)6-11/h3-5,12H,7H2,1-2H3. The van der Waals surface area contributed by atoms with E-state index in [1.165, 1.54) is 0 Å². The Labute approximate surface area is 77.9 Å². The van der Waals surface area contributed by atoms with Gasteiger partial charge in [-0.3, -0.25) is 0 Å². The van der Waals surface area contributed by atoms with E-state index in [1.54, 1.807) is 7.11 Å². The van der Waals surface area contributed by atoms with Gasteiger partial charge >= 0.3 is 0 Å². The maximum atomic E-state index is 8.79. The maximum Gasteiger partial charge on any atom is 0.136 e. The minimum atomic E-state index is 0.579. The van der Waals surface area contributed by atoms with Crippen molar-refractivity contribution in [1.29, 1.82) is 5.26 Å².